The number of nitrogens with one attached hydrogen (secondary N) is 1. The molecule has 0 amide bonds. The lowest BCUT2D eigenvalue weighted by atomic mass is 10.1. The molecule has 0 spiro atoms. The number of anilines is 3. The third-order valence-corrected chi connectivity index (χ3v) is 5.64. The third kappa shape index (κ3) is 3.14. The van der Waals surface area contributed by atoms with Crippen LogP contribution < -0.4 is 15.8 Å². The van der Waals surface area contributed by atoms with Gasteiger partial charge in [0.15, 0.2) is 5.65 Å². The van der Waals surface area contributed by atoms with Gasteiger partial charge in [0.05, 0.1) is 35.4 Å². The van der Waals surface area contributed by atoms with Crippen LogP contribution in [0, 0.1) is 6.92 Å². The molecule has 5 rings (SSSR count). The van der Waals surface area contributed by atoms with Crippen LogP contribution in [0.4, 0.5) is 17.3 Å². The molecular formula is C20H22N8O2. The second-order valence-corrected chi connectivity index (χ2v) is 7.63. The minimum atomic E-state index is -0.291. The zero-order chi connectivity index (χ0) is 20.8. The van der Waals surface area contributed by atoms with Crippen LogP contribution in [0.25, 0.3) is 16.7 Å². The molecule has 5 heterocycles. The molecular weight excluding hydrogens is 384 g/mol. The van der Waals surface area contributed by atoms with Crippen molar-refractivity contribution >= 4 is 34.0 Å². The molecule has 0 unspecified atom stereocenters. The van der Waals surface area contributed by atoms with Gasteiger partial charge in [-0.3, -0.25) is 4.79 Å². The van der Waals surface area contributed by atoms with Gasteiger partial charge in [0.25, 0.3) is 5.56 Å². The molecule has 1 fully saturated rings. The predicted molar refractivity (Wildman–Crippen MR) is 113 cm³/mol. The first-order valence-corrected chi connectivity index (χ1v) is 9.86. The van der Waals surface area contributed by atoms with E-state index >= 15 is 0 Å². The number of piperidine rings is 1. The van der Waals surface area contributed by atoms with Crippen molar-refractivity contribution in [2.24, 2.45) is 7.05 Å². The topological polar surface area (TPSA) is 113 Å². The van der Waals surface area contributed by atoms with Gasteiger partial charge in [0.2, 0.25) is 5.95 Å². The molecule has 10 heteroatoms. The quantitative estimate of drug-likeness (QED) is 0.525. The van der Waals surface area contributed by atoms with Gasteiger partial charge in [-0.1, -0.05) is 0 Å². The Hall–Kier alpha value is -3.53. The SMILES string of the molecule is Cc1cc2ncnn2cc1Nc1ncc2c(n1)c(N1CCC(O)CC1)cc(=O)n2C. The van der Waals surface area contributed by atoms with Crippen molar-refractivity contribution in [2.75, 3.05) is 23.3 Å². The largest absolute Gasteiger partial charge is 0.393 e. The van der Waals surface area contributed by atoms with E-state index in [2.05, 4.69) is 25.3 Å². The number of aromatic nitrogens is 6. The highest BCUT2D eigenvalue weighted by molar-refractivity contribution is 5.88. The first-order chi connectivity index (χ1) is 14.5. The van der Waals surface area contributed by atoms with E-state index in [1.165, 1.54) is 6.33 Å². The molecule has 0 saturated carbocycles. The lowest BCUT2D eigenvalue weighted by Crippen LogP contribution is -2.37. The fourth-order valence-electron chi connectivity index (χ4n) is 3.83. The molecule has 30 heavy (non-hydrogen) atoms. The molecule has 1 aliphatic heterocycles. The van der Waals surface area contributed by atoms with Crippen LogP contribution in [-0.2, 0) is 7.05 Å². The van der Waals surface area contributed by atoms with Crippen LogP contribution in [0.2, 0.25) is 0 Å². The Kier molecular flexibility index (Phi) is 4.35. The minimum Gasteiger partial charge on any atom is -0.393 e. The molecule has 10 nitrogen and oxygen atoms in total. The van der Waals surface area contributed by atoms with Crippen LogP contribution in [0.5, 0.6) is 0 Å². The number of hydrogen-bond acceptors (Lipinski definition) is 8. The first-order valence-electron chi connectivity index (χ1n) is 9.86. The molecule has 2 N–H and O–H groups in total. The van der Waals surface area contributed by atoms with Crippen LogP contribution in [0.15, 0.2) is 35.6 Å². The summed E-state index contributed by atoms with van der Waals surface area (Å²) >= 11 is 0. The van der Waals surface area contributed by atoms with Crippen molar-refractivity contribution < 1.29 is 5.11 Å². The van der Waals surface area contributed by atoms with Crippen molar-refractivity contribution in [3.8, 4) is 0 Å². The van der Waals surface area contributed by atoms with Gasteiger partial charge in [-0.05, 0) is 31.4 Å². The maximum Gasteiger partial charge on any atom is 0.252 e. The Morgan fingerprint density at radius 3 is 2.80 bits per heavy atom. The van der Waals surface area contributed by atoms with Crippen molar-refractivity contribution in [3.05, 3.63) is 46.8 Å². The van der Waals surface area contributed by atoms with Gasteiger partial charge in [0, 0.05) is 26.2 Å². The normalized spacial score (nSPS) is 15.2. The van der Waals surface area contributed by atoms with E-state index in [4.69, 9.17) is 4.98 Å². The lowest BCUT2D eigenvalue weighted by molar-refractivity contribution is 0.145. The van der Waals surface area contributed by atoms with Crippen molar-refractivity contribution in [1.82, 2.24) is 29.1 Å². The number of hydrogen-bond donors (Lipinski definition) is 2. The van der Waals surface area contributed by atoms with Crippen LogP contribution in [0.3, 0.4) is 0 Å². The fourth-order valence-corrected chi connectivity index (χ4v) is 3.83. The molecule has 4 aromatic rings. The van der Waals surface area contributed by atoms with Crippen LogP contribution in [0.1, 0.15) is 18.4 Å². The Bertz CT molecular complexity index is 1300. The van der Waals surface area contributed by atoms with Gasteiger partial charge >= 0.3 is 0 Å². The van der Waals surface area contributed by atoms with Gasteiger partial charge in [-0.25, -0.2) is 19.5 Å². The summed E-state index contributed by atoms with van der Waals surface area (Å²) in [4.78, 5) is 28.0. The molecule has 0 atom stereocenters. The predicted octanol–water partition coefficient (Wildman–Crippen LogP) is 1.38. The number of fused-ring (bicyclic) bond motifs is 2. The summed E-state index contributed by atoms with van der Waals surface area (Å²) in [5.74, 6) is 0.432. The van der Waals surface area contributed by atoms with E-state index in [1.54, 1.807) is 28.4 Å². The molecule has 1 saturated heterocycles. The average Bonchev–Trinajstić information content (AvgIpc) is 3.19. The average molecular weight is 406 g/mol. The third-order valence-electron chi connectivity index (χ3n) is 5.64. The van der Waals surface area contributed by atoms with Crippen LogP contribution >= 0.6 is 0 Å². The summed E-state index contributed by atoms with van der Waals surface area (Å²) in [6.45, 7) is 3.34. The highest BCUT2D eigenvalue weighted by Gasteiger charge is 2.21. The maximum atomic E-state index is 12.5. The number of aliphatic hydroxyl groups is 1. The second kappa shape index (κ2) is 7.06. The van der Waals surface area contributed by atoms with E-state index in [0.29, 0.717) is 42.9 Å². The smallest absolute Gasteiger partial charge is 0.252 e. The molecule has 0 radical (unpaired) electrons. The van der Waals surface area contributed by atoms with E-state index in [-0.39, 0.29) is 11.7 Å². The Balaban J connectivity index is 1.58. The zero-order valence-corrected chi connectivity index (χ0v) is 16.8. The molecule has 0 bridgehead atoms. The minimum absolute atomic E-state index is 0.111. The highest BCUT2D eigenvalue weighted by atomic mass is 16.3. The van der Waals surface area contributed by atoms with Gasteiger partial charge in [-0.15, -0.1) is 0 Å². The van der Waals surface area contributed by atoms with Gasteiger partial charge < -0.3 is 19.9 Å². The summed E-state index contributed by atoms with van der Waals surface area (Å²) in [5.41, 5.74) is 4.60. The Morgan fingerprint density at radius 1 is 1.20 bits per heavy atom. The second-order valence-electron chi connectivity index (χ2n) is 7.63. The lowest BCUT2D eigenvalue weighted by Gasteiger charge is -2.32. The van der Waals surface area contributed by atoms with E-state index in [1.807, 2.05) is 19.2 Å². The molecule has 0 aromatic carbocycles. The number of aryl methyl sites for hydroxylation is 2. The van der Waals surface area contributed by atoms with E-state index < -0.39 is 0 Å². The summed E-state index contributed by atoms with van der Waals surface area (Å²) in [6, 6.07) is 3.55. The Labute approximate surface area is 171 Å². The van der Waals surface area contributed by atoms with Crippen molar-refractivity contribution in [2.45, 2.75) is 25.9 Å². The van der Waals surface area contributed by atoms with Crippen molar-refractivity contribution in [3.63, 3.8) is 0 Å². The summed E-state index contributed by atoms with van der Waals surface area (Å²) in [6.07, 6.45) is 6.07. The first kappa shape index (κ1) is 18.5. The Morgan fingerprint density at radius 2 is 2.00 bits per heavy atom. The standard InChI is InChI=1S/C20H22N8O2/c1-12-7-17-22-11-23-28(17)10-14(12)24-20-21-9-16-19(25-20)15(8-18(30)26(16)2)27-5-3-13(29)4-6-27/h7-11,13,29H,3-6H2,1-2H3,(H,21,24,25). The maximum absolute atomic E-state index is 12.5. The number of aliphatic hydroxyl groups excluding tert-OH is 1. The highest BCUT2D eigenvalue weighted by Crippen LogP contribution is 2.27. The molecule has 0 aliphatic carbocycles. The fraction of sp³-hybridized carbons (Fsp3) is 0.350. The number of nitrogens with zero attached hydrogens (tertiary/aromatic N) is 7. The van der Waals surface area contributed by atoms with E-state index in [0.717, 1.165) is 22.6 Å². The summed E-state index contributed by atoms with van der Waals surface area (Å²) in [7, 11) is 1.72. The molecule has 4 aromatic heterocycles. The zero-order valence-electron chi connectivity index (χ0n) is 16.8. The summed E-state index contributed by atoms with van der Waals surface area (Å²) in [5, 5.41) is 17.3. The van der Waals surface area contributed by atoms with Crippen LogP contribution in [-0.4, -0.2) is 53.4 Å². The van der Waals surface area contributed by atoms with Gasteiger partial charge in [0.1, 0.15) is 11.8 Å². The van der Waals surface area contributed by atoms with Crippen molar-refractivity contribution in [1.29, 1.82) is 0 Å². The number of pyridine rings is 2. The number of rotatable bonds is 3. The molecule has 1 aliphatic rings. The van der Waals surface area contributed by atoms with E-state index in [9.17, 15) is 9.90 Å². The monoisotopic (exact) mass is 406 g/mol. The summed E-state index contributed by atoms with van der Waals surface area (Å²) < 4.78 is 3.23. The van der Waals surface area contributed by atoms with Gasteiger partial charge in [-0.2, -0.15) is 5.10 Å². The molecule has 154 valence electrons.